The number of aromatic nitrogens is 2. The maximum atomic E-state index is 10.3. The molecule has 0 radical (unpaired) electrons. The smallest absolute Gasteiger partial charge is 0.0991 e. The van der Waals surface area contributed by atoms with Crippen LogP contribution in [0, 0.1) is 0 Å². The van der Waals surface area contributed by atoms with Crippen molar-refractivity contribution >= 4 is 0 Å². The van der Waals surface area contributed by atoms with Crippen molar-refractivity contribution in [3.63, 3.8) is 0 Å². The minimum Gasteiger partial charge on any atom is -0.391 e. The van der Waals surface area contributed by atoms with Gasteiger partial charge in [0.25, 0.3) is 0 Å². The van der Waals surface area contributed by atoms with Crippen LogP contribution < -0.4 is 5.32 Å². The highest BCUT2D eigenvalue weighted by Crippen LogP contribution is 2.31. The molecule has 0 spiro atoms. The van der Waals surface area contributed by atoms with Gasteiger partial charge in [0.05, 0.1) is 18.5 Å². The van der Waals surface area contributed by atoms with Crippen molar-refractivity contribution in [2.24, 2.45) is 0 Å². The van der Waals surface area contributed by atoms with Gasteiger partial charge in [0.1, 0.15) is 0 Å². The van der Waals surface area contributed by atoms with Crippen LogP contribution in [0.25, 0.3) is 5.69 Å². The van der Waals surface area contributed by atoms with Crippen molar-refractivity contribution in [2.45, 2.75) is 25.1 Å². The molecule has 0 amide bonds. The fourth-order valence-electron chi connectivity index (χ4n) is 3.25. The number of hydrogen-bond acceptors (Lipinski definition) is 3. The van der Waals surface area contributed by atoms with Crippen molar-refractivity contribution in [2.75, 3.05) is 0 Å². The first-order valence-corrected chi connectivity index (χ1v) is 7.88. The van der Waals surface area contributed by atoms with Crippen molar-refractivity contribution < 1.29 is 5.11 Å². The van der Waals surface area contributed by atoms with Crippen molar-refractivity contribution in [1.29, 1.82) is 0 Å². The molecule has 0 aliphatic heterocycles. The Balaban J connectivity index is 1.45. The van der Waals surface area contributed by atoms with Crippen LogP contribution >= 0.6 is 0 Å². The van der Waals surface area contributed by atoms with E-state index >= 15 is 0 Å². The lowest BCUT2D eigenvalue weighted by atomic mass is 10.1. The Morgan fingerprint density at radius 2 is 1.96 bits per heavy atom. The molecule has 1 heterocycles. The monoisotopic (exact) mass is 305 g/mol. The Hall–Kier alpha value is -2.43. The van der Waals surface area contributed by atoms with Gasteiger partial charge >= 0.3 is 0 Å². The molecule has 0 saturated carbocycles. The van der Waals surface area contributed by atoms with Gasteiger partial charge in [0, 0.05) is 31.0 Å². The number of aliphatic hydroxyl groups is 1. The van der Waals surface area contributed by atoms with Crippen LogP contribution in [-0.4, -0.2) is 20.8 Å². The molecule has 2 atom stereocenters. The lowest BCUT2D eigenvalue weighted by Gasteiger charge is -2.18. The fourth-order valence-corrected chi connectivity index (χ4v) is 3.25. The molecule has 4 nitrogen and oxygen atoms in total. The van der Waals surface area contributed by atoms with Crippen molar-refractivity contribution in [1.82, 2.24) is 14.9 Å². The molecule has 0 fully saturated rings. The topological polar surface area (TPSA) is 50.1 Å². The summed E-state index contributed by atoms with van der Waals surface area (Å²) in [4.78, 5) is 4.06. The molecule has 1 aromatic heterocycles. The summed E-state index contributed by atoms with van der Waals surface area (Å²) in [7, 11) is 0. The highest BCUT2D eigenvalue weighted by molar-refractivity contribution is 5.37. The minimum absolute atomic E-state index is 0.0134. The van der Waals surface area contributed by atoms with Gasteiger partial charge in [0.2, 0.25) is 0 Å². The first-order valence-electron chi connectivity index (χ1n) is 7.88. The van der Waals surface area contributed by atoms with Crippen LogP contribution in [0.2, 0.25) is 0 Å². The van der Waals surface area contributed by atoms with E-state index in [0.29, 0.717) is 0 Å². The standard InChI is InChI=1S/C19H19N3O/c23-18-11-15-3-1-2-4-17(15)19(18)21-12-14-5-7-16(8-6-14)22-10-9-20-13-22/h1-10,13,18-19,21,23H,11-12H2/t18-,19-/m1/s1. The predicted octanol–water partition coefficient (Wildman–Crippen LogP) is 2.62. The number of rotatable bonds is 4. The molecule has 23 heavy (non-hydrogen) atoms. The highest BCUT2D eigenvalue weighted by atomic mass is 16.3. The Morgan fingerprint density at radius 1 is 1.13 bits per heavy atom. The third kappa shape index (κ3) is 2.79. The average molecular weight is 305 g/mol. The Kier molecular flexibility index (Phi) is 3.69. The molecule has 2 N–H and O–H groups in total. The summed E-state index contributed by atoms with van der Waals surface area (Å²) >= 11 is 0. The van der Waals surface area contributed by atoms with Gasteiger partial charge in [-0.25, -0.2) is 4.98 Å². The summed E-state index contributed by atoms with van der Waals surface area (Å²) in [6.07, 6.45) is 5.87. The Bertz CT molecular complexity index is 781. The van der Waals surface area contributed by atoms with Gasteiger partial charge in [-0.1, -0.05) is 36.4 Å². The van der Waals surface area contributed by atoms with Crippen molar-refractivity contribution in [3.8, 4) is 5.69 Å². The van der Waals surface area contributed by atoms with Gasteiger partial charge < -0.3 is 15.0 Å². The number of fused-ring (bicyclic) bond motifs is 1. The van der Waals surface area contributed by atoms with Gasteiger partial charge in [-0.3, -0.25) is 0 Å². The van der Waals surface area contributed by atoms with Crippen LogP contribution in [0.3, 0.4) is 0 Å². The van der Waals surface area contributed by atoms with Crippen LogP contribution in [0.4, 0.5) is 0 Å². The van der Waals surface area contributed by atoms with E-state index in [-0.39, 0.29) is 12.1 Å². The second kappa shape index (κ2) is 5.99. The molecular formula is C19H19N3O. The number of nitrogens with one attached hydrogen (secondary N) is 1. The molecule has 0 bridgehead atoms. The highest BCUT2D eigenvalue weighted by Gasteiger charge is 2.29. The van der Waals surface area contributed by atoms with E-state index in [1.54, 1.807) is 12.5 Å². The molecule has 0 unspecified atom stereocenters. The lowest BCUT2D eigenvalue weighted by Crippen LogP contribution is -2.28. The summed E-state index contributed by atoms with van der Waals surface area (Å²) in [5, 5.41) is 13.8. The molecule has 4 heteroatoms. The van der Waals surface area contributed by atoms with Crippen molar-refractivity contribution in [3.05, 3.63) is 83.9 Å². The zero-order valence-electron chi connectivity index (χ0n) is 12.8. The number of imidazole rings is 1. The minimum atomic E-state index is -0.349. The third-order valence-corrected chi connectivity index (χ3v) is 4.47. The maximum Gasteiger partial charge on any atom is 0.0991 e. The zero-order chi connectivity index (χ0) is 15.6. The molecule has 1 aliphatic rings. The van der Waals surface area contributed by atoms with Gasteiger partial charge in [-0.2, -0.15) is 0 Å². The SMILES string of the molecule is O[C@@H]1Cc2ccccc2[C@H]1NCc1ccc(-n2ccnc2)cc1. The largest absolute Gasteiger partial charge is 0.391 e. The fraction of sp³-hybridized carbons (Fsp3) is 0.211. The summed E-state index contributed by atoms with van der Waals surface area (Å²) in [6, 6.07) is 16.7. The van der Waals surface area contributed by atoms with E-state index in [0.717, 1.165) is 18.7 Å². The molecule has 1 aliphatic carbocycles. The first kappa shape index (κ1) is 14.2. The third-order valence-electron chi connectivity index (χ3n) is 4.47. The predicted molar refractivity (Wildman–Crippen MR) is 89.3 cm³/mol. The van der Waals surface area contributed by atoms with Crippen LogP contribution in [0.15, 0.2) is 67.3 Å². The zero-order valence-corrected chi connectivity index (χ0v) is 12.8. The maximum absolute atomic E-state index is 10.3. The van der Waals surface area contributed by atoms with Gasteiger partial charge in [-0.15, -0.1) is 0 Å². The number of hydrogen-bond donors (Lipinski definition) is 2. The summed E-state index contributed by atoms with van der Waals surface area (Å²) in [5.74, 6) is 0. The molecule has 116 valence electrons. The van der Waals surface area contributed by atoms with E-state index in [4.69, 9.17) is 0 Å². The van der Waals surface area contributed by atoms with E-state index in [1.165, 1.54) is 16.7 Å². The number of nitrogens with zero attached hydrogens (tertiary/aromatic N) is 2. The summed E-state index contributed by atoms with van der Waals surface area (Å²) < 4.78 is 1.98. The summed E-state index contributed by atoms with van der Waals surface area (Å²) in [5.41, 5.74) is 4.76. The van der Waals surface area contributed by atoms with Crippen LogP contribution in [-0.2, 0) is 13.0 Å². The molecular weight excluding hydrogens is 286 g/mol. The quantitative estimate of drug-likeness (QED) is 0.779. The van der Waals surface area contributed by atoms with Crippen LogP contribution in [0.1, 0.15) is 22.7 Å². The van der Waals surface area contributed by atoms with Gasteiger partial charge in [-0.05, 0) is 28.8 Å². The van der Waals surface area contributed by atoms with E-state index in [2.05, 4.69) is 46.7 Å². The molecule has 3 aromatic rings. The second-order valence-electron chi connectivity index (χ2n) is 5.97. The molecule has 4 rings (SSSR count). The first-order chi connectivity index (χ1) is 11.3. The number of benzene rings is 2. The Morgan fingerprint density at radius 3 is 2.74 bits per heavy atom. The number of aliphatic hydroxyl groups excluding tert-OH is 1. The van der Waals surface area contributed by atoms with E-state index < -0.39 is 0 Å². The molecule has 2 aromatic carbocycles. The normalized spacial score (nSPS) is 19.7. The Labute approximate surface area is 135 Å². The van der Waals surface area contributed by atoms with Gasteiger partial charge in [0.15, 0.2) is 0 Å². The summed E-state index contributed by atoms with van der Waals surface area (Å²) in [6.45, 7) is 0.736. The lowest BCUT2D eigenvalue weighted by molar-refractivity contribution is 0.140. The van der Waals surface area contributed by atoms with E-state index in [9.17, 15) is 5.11 Å². The molecule has 0 saturated heterocycles. The van der Waals surface area contributed by atoms with Crippen LogP contribution in [0.5, 0.6) is 0 Å². The second-order valence-corrected chi connectivity index (χ2v) is 5.97. The van der Waals surface area contributed by atoms with E-state index in [1.807, 2.05) is 22.9 Å². The average Bonchev–Trinajstić information content (AvgIpc) is 3.21.